The second kappa shape index (κ2) is 9.48. The number of aromatic nitrogens is 3. The SMILES string of the molecule is C=Cc1cc(C)c(Nc2nc(Nc3ccc(C#N)cc3)nc(N3CCCCC3)n2)c(C)c1. The molecule has 32 heavy (non-hydrogen) atoms. The predicted octanol–water partition coefficient (Wildman–Crippen LogP) is 5.48. The standard InChI is InChI=1S/C25H27N7/c1-4-19-14-17(2)22(18(3)15-19)28-24-29-23(27-21-10-8-20(16-26)9-11-21)30-25(31-24)32-12-6-5-7-13-32/h4,8-11,14-15H,1,5-7,12-13H2,2-3H3,(H2,27,28,29,30,31). The van der Waals surface area contributed by atoms with Crippen molar-refractivity contribution < 1.29 is 0 Å². The lowest BCUT2D eigenvalue weighted by molar-refractivity contribution is 0.568. The number of nitriles is 1. The second-order valence-corrected chi connectivity index (χ2v) is 8.00. The first-order valence-corrected chi connectivity index (χ1v) is 10.8. The van der Waals surface area contributed by atoms with Crippen LogP contribution in [0.1, 0.15) is 41.5 Å². The Kier molecular flexibility index (Phi) is 6.31. The van der Waals surface area contributed by atoms with Crippen molar-refractivity contribution in [3.63, 3.8) is 0 Å². The maximum atomic E-state index is 9.03. The smallest absolute Gasteiger partial charge is 0.233 e. The highest BCUT2D eigenvalue weighted by Gasteiger charge is 2.17. The minimum absolute atomic E-state index is 0.464. The Morgan fingerprint density at radius 2 is 1.56 bits per heavy atom. The van der Waals surface area contributed by atoms with E-state index < -0.39 is 0 Å². The van der Waals surface area contributed by atoms with Gasteiger partial charge in [0.15, 0.2) is 0 Å². The molecule has 0 radical (unpaired) electrons. The van der Waals surface area contributed by atoms with Gasteiger partial charge in [-0.1, -0.05) is 12.7 Å². The van der Waals surface area contributed by atoms with Crippen LogP contribution in [-0.4, -0.2) is 28.0 Å². The minimum Gasteiger partial charge on any atom is -0.341 e. The zero-order valence-corrected chi connectivity index (χ0v) is 18.5. The van der Waals surface area contributed by atoms with Crippen molar-refractivity contribution in [1.29, 1.82) is 5.26 Å². The van der Waals surface area contributed by atoms with Gasteiger partial charge in [0.2, 0.25) is 17.8 Å². The van der Waals surface area contributed by atoms with Crippen molar-refractivity contribution in [3.8, 4) is 6.07 Å². The van der Waals surface area contributed by atoms with E-state index in [1.807, 2.05) is 18.2 Å². The summed E-state index contributed by atoms with van der Waals surface area (Å²) in [6.07, 6.45) is 5.35. The van der Waals surface area contributed by atoms with Crippen molar-refractivity contribution in [2.45, 2.75) is 33.1 Å². The van der Waals surface area contributed by atoms with Crippen molar-refractivity contribution in [1.82, 2.24) is 15.0 Å². The topological polar surface area (TPSA) is 89.8 Å². The van der Waals surface area contributed by atoms with E-state index >= 15 is 0 Å². The third-order valence-corrected chi connectivity index (χ3v) is 5.56. The molecular weight excluding hydrogens is 398 g/mol. The van der Waals surface area contributed by atoms with Crippen molar-refractivity contribution >= 4 is 35.3 Å². The molecule has 1 saturated heterocycles. The van der Waals surface area contributed by atoms with Crippen LogP contribution in [0.5, 0.6) is 0 Å². The molecule has 7 nitrogen and oxygen atoms in total. The molecule has 162 valence electrons. The third-order valence-electron chi connectivity index (χ3n) is 5.56. The summed E-state index contributed by atoms with van der Waals surface area (Å²) in [6.45, 7) is 9.86. The molecule has 0 saturated carbocycles. The highest BCUT2D eigenvalue weighted by Crippen LogP contribution is 2.27. The summed E-state index contributed by atoms with van der Waals surface area (Å²) in [5, 5.41) is 15.7. The maximum absolute atomic E-state index is 9.03. The molecule has 1 fully saturated rings. The Morgan fingerprint density at radius 3 is 2.16 bits per heavy atom. The van der Waals surface area contributed by atoms with Crippen LogP contribution in [0, 0.1) is 25.2 Å². The Labute approximate surface area is 188 Å². The highest BCUT2D eigenvalue weighted by atomic mass is 15.3. The Hall–Kier alpha value is -3.92. The lowest BCUT2D eigenvalue weighted by Gasteiger charge is -2.27. The Balaban J connectivity index is 1.68. The van der Waals surface area contributed by atoms with Crippen molar-refractivity contribution in [2.75, 3.05) is 28.6 Å². The largest absolute Gasteiger partial charge is 0.341 e. The van der Waals surface area contributed by atoms with Gasteiger partial charge in [-0.2, -0.15) is 20.2 Å². The molecule has 2 N–H and O–H groups in total. The van der Waals surface area contributed by atoms with E-state index in [1.54, 1.807) is 12.1 Å². The van der Waals surface area contributed by atoms with Gasteiger partial charge in [-0.15, -0.1) is 0 Å². The molecule has 3 aromatic rings. The first-order valence-electron chi connectivity index (χ1n) is 10.8. The van der Waals surface area contributed by atoms with Gasteiger partial charge in [0.05, 0.1) is 11.6 Å². The van der Waals surface area contributed by atoms with Crippen LogP contribution >= 0.6 is 0 Å². The summed E-state index contributed by atoms with van der Waals surface area (Å²) in [7, 11) is 0. The molecule has 0 atom stereocenters. The number of benzene rings is 2. The normalized spacial score (nSPS) is 13.3. The molecule has 0 spiro atoms. The first kappa shape index (κ1) is 21.3. The number of hydrogen-bond acceptors (Lipinski definition) is 7. The number of aryl methyl sites for hydroxylation is 2. The molecule has 7 heteroatoms. The van der Waals surface area contributed by atoms with Gasteiger partial charge in [-0.05, 0) is 86.2 Å². The van der Waals surface area contributed by atoms with E-state index in [-0.39, 0.29) is 0 Å². The van der Waals surface area contributed by atoms with E-state index in [4.69, 9.17) is 10.2 Å². The minimum atomic E-state index is 0.464. The molecule has 0 unspecified atom stereocenters. The molecule has 0 aliphatic carbocycles. The first-order chi connectivity index (χ1) is 15.6. The van der Waals surface area contributed by atoms with Gasteiger partial charge < -0.3 is 15.5 Å². The highest BCUT2D eigenvalue weighted by molar-refractivity contribution is 5.68. The number of hydrogen-bond donors (Lipinski definition) is 2. The van der Waals surface area contributed by atoms with Gasteiger partial charge in [0.25, 0.3) is 0 Å². The molecule has 1 aliphatic heterocycles. The van der Waals surface area contributed by atoms with Gasteiger partial charge in [0, 0.05) is 24.5 Å². The van der Waals surface area contributed by atoms with E-state index in [9.17, 15) is 0 Å². The van der Waals surface area contributed by atoms with Crippen LogP contribution in [0.15, 0.2) is 43.0 Å². The lowest BCUT2D eigenvalue weighted by atomic mass is 10.0. The summed E-state index contributed by atoms with van der Waals surface area (Å²) < 4.78 is 0. The number of anilines is 5. The average molecular weight is 426 g/mol. The van der Waals surface area contributed by atoms with Gasteiger partial charge in [-0.25, -0.2) is 0 Å². The van der Waals surface area contributed by atoms with Gasteiger partial charge in [0.1, 0.15) is 0 Å². The van der Waals surface area contributed by atoms with Crippen LogP contribution in [0.2, 0.25) is 0 Å². The summed E-state index contributed by atoms with van der Waals surface area (Å²) in [5.74, 6) is 1.62. The number of rotatable bonds is 6. The van der Waals surface area contributed by atoms with Crippen molar-refractivity contribution in [2.24, 2.45) is 0 Å². The predicted molar refractivity (Wildman–Crippen MR) is 130 cm³/mol. The van der Waals surface area contributed by atoms with Crippen molar-refractivity contribution in [3.05, 3.63) is 65.2 Å². The van der Waals surface area contributed by atoms with E-state index in [0.717, 1.165) is 54.0 Å². The van der Waals surface area contributed by atoms with Crippen LogP contribution in [0.3, 0.4) is 0 Å². The molecule has 2 aromatic carbocycles. The molecule has 2 heterocycles. The van der Waals surface area contributed by atoms with E-state index in [2.05, 4.69) is 64.1 Å². The molecule has 0 amide bonds. The quantitative estimate of drug-likeness (QED) is 0.540. The molecule has 0 bridgehead atoms. The zero-order chi connectivity index (χ0) is 22.5. The number of piperidine rings is 1. The Morgan fingerprint density at radius 1 is 0.938 bits per heavy atom. The molecule has 4 rings (SSSR count). The van der Waals surface area contributed by atoms with Gasteiger partial charge in [-0.3, -0.25) is 0 Å². The van der Waals surface area contributed by atoms with Crippen LogP contribution < -0.4 is 15.5 Å². The Bertz CT molecular complexity index is 1130. The monoisotopic (exact) mass is 425 g/mol. The fraction of sp³-hybridized carbons (Fsp3) is 0.280. The van der Waals surface area contributed by atoms with Crippen LogP contribution in [0.4, 0.5) is 29.2 Å². The number of nitrogens with zero attached hydrogens (tertiary/aromatic N) is 5. The summed E-state index contributed by atoms with van der Waals surface area (Å²) >= 11 is 0. The lowest BCUT2D eigenvalue weighted by Crippen LogP contribution is -2.31. The second-order valence-electron chi connectivity index (χ2n) is 8.00. The summed E-state index contributed by atoms with van der Waals surface area (Å²) in [5.41, 5.74) is 5.68. The van der Waals surface area contributed by atoms with Gasteiger partial charge >= 0.3 is 0 Å². The van der Waals surface area contributed by atoms with E-state index in [1.165, 1.54) is 6.42 Å². The fourth-order valence-corrected chi connectivity index (χ4v) is 3.89. The average Bonchev–Trinajstić information content (AvgIpc) is 2.82. The molecular formula is C25H27N7. The molecule has 1 aromatic heterocycles. The summed E-state index contributed by atoms with van der Waals surface area (Å²) in [4.78, 5) is 16.3. The molecule has 1 aliphatic rings. The summed E-state index contributed by atoms with van der Waals surface area (Å²) in [6, 6.07) is 13.5. The third kappa shape index (κ3) is 4.86. The van der Waals surface area contributed by atoms with E-state index in [0.29, 0.717) is 23.4 Å². The number of nitrogens with one attached hydrogen (secondary N) is 2. The van der Waals surface area contributed by atoms with Crippen LogP contribution in [0.25, 0.3) is 6.08 Å². The van der Waals surface area contributed by atoms with Crippen LogP contribution in [-0.2, 0) is 0 Å². The zero-order valence-electron chi connectivity index (χ0n) is 18.5. The fourth-order valence-electron chi connectivity index (χ4n) is 3.89. The maximum Gasteiger partial charge on any atom is 0.233 e.